The third-order valence-corrected chi connectivity index (χ3v) is 4.24. The monoisotopic (exact) mass is 209 g/mol. The molecule has 2 heteroatoms. The van der Waals surface area contributed by atoms with Gasteiger partial charge in [-0.2, -0.15) is 0 Å². The molecule has 2 saturated carbocycles. The van der Waals surface area contributed by atoms with E-state index in [1.807, 2.05) is 0 Å². The fraction of sp³-hybridized carbons (Fsp3) is 1.00. The second kappa shape index (κ2) is 4.42. The lowest BCUT2D eigenvalue weighted by molar-refractivity contribution is 0.0649. The molecule has 3 fully saturated rings. The molecule has 0 amide bonds. The van der Waals surface area contributed by atoms with Gasteiger partial charge in [0.2, 0.25) is 0 Å². The van der Waals surface area contributed by atoms with Gasteiger partial charge in [-0.15, -0.1) is 0 Å². The lowest BCUT2D eigenvalue weighted by Gasteiger charge is -2.25. The summed E-state index contributed by atoms with van der Waals surface area (Å²) in [5, 5.41) is 3.86. The first-order valence-electron chi connectivity index (χ1n) is 6.74. The quantitative estimate of drug-likeness (QED) is 0.749. The van der Waals surface area contributed by atoms with Crippen LogP contribution < -0.4 is 5.32 Å². The first-order chi connectivity index (χ1) is 7.43. The highest BCUT2D eigenvalue weighted by Gasteiger charge is 2.41. The summed E-state index contributed by atoms with van der Waals surface area (Å²) < 4.78 is 5.40. The van der Waals surface area contributed by atoms with Crippen LogP contribution in [0.2, 0.25) is 0 Å². The molecule has 86 valence electrons. The van der Waals surface area contributed by atoms with Crippen molar-refractivity contribution in [2.24, 2.45) is 17.8 Å². The molecule has 2 nitrogen and oxygen atoms in total. The molecule has 1 aliphatic heterocycles. The predicted octanol–water partition coefficient (Wildman–Crippen LogP) is 2.19. The van der Waals surface area contributed by atoms with Crippen LogP contribution in [0.4, 0.5) is 0 Å². The minimum Gasteiger partial charge on any atom is -0.381 e. The predicted molar refractivity (Wildman–Crippen MR) is 60.8 cm³/mol. The maximum Gasteiger partial charge on any atom is 0.0469 e. The molecule has 0 unspecified atom stereocenters. The zero-order chi connectivity index (χ0) is 10.1. The van der Waals surface area contributed by atoms with Gasteiger partial charge in [0, 0.05) is 19.3 Å². The highest BCUT2D eigenvalue weighted by molar-refractivity contribution is 4.96. The van der Waals surface area contributed by atoms with Crippen LogP contribution in [0, 0.1) is 17.8 Å². The highest BCUT2D eigenvalue weighted by atomic mass is 16.5. The van der Waals surface area contributed by atoms with E-state index in [0.717, 1.165) is 37.0 Å². The van der Waals surface area contributed by atoms with Crippen LogP contribution in [0.15, 0.2) is 0 Å². The second-order valence-electron chi connectivity index (χ2n) is 5.66. The number of ether oxygens (including phenoxy) is 1. The Morgan fingerprint density at radius 3 is 2.07 bits per heavy atom. The van der Waals surface area contributed by atoms with Gasteiger partial charge in [0.25, 0.3) is 0 Å². The van der Waals surface area contributed by atoms with Crippen molar-refractivity contribution < 1.29 is 4.74 Å². The van der Waals surface area contributed by atoms with Crippen molar-refractivity contribution in [1.82, 2.24) is 5.32 Å². The first-order valence-corrected chi connectivity index (χ1v) is 6.74. The average molecular weight is 209 g/mol. The maximum atomic E-state index is 5.40. The van der Waals surface area contributed by atoms with Crippen LogP contribution in [0.1, 0.15) is 38.5 Å². The summed E-state index contributed by atoms with van der Waals surface area (Å²) in [5.74, 6) is 2.97. The summed E-state index contributed by atoms with van der Waals surface area (Å²) in [6, 6.07) is 0.882. The molecular formula is C13H23NO. The molecule has 1 N–H and O–H groups in total. The summed E-state index contributed by atoms with van der Waals surface area (Å²) >= 11 is 0. The van der Waals surface area contributed by atoms with E-state index in [1.165, 1.54) is 45.1 Å². The Balaban J connectivity index is 1.42. The van der Waals surface area contributed by atoms with Crippen molar-refractivity contribution in [2.45, 2.75) is 44.6 Å². The largest absolute Gasteiger partial charge is 0.381 e. The maximum absolute atomic E-state index is 5.40. The van der Waals surface area contributed by atoms with Gasteiger partial charge in [0.05, 0.1) is 0 Å². The lowest BCUT2D eigenvalue weighted by atomic mass is 9.99. The van der Waals surface area contributed by atoms with Crippen LogP contribution >= 0.6 is 0 Å². The molecule has 0 radical (unpaired) electrons. The Morgan fingerprint density at radius 2 is 1.53 bits per heavy atom. The Kier molecular flexibility index (Phi) is 2.98. The Bertz CT molecular complexity index is 193. The van der Waals surface area contributed by atoms with E-state index in [9.17, 15) is 0 Å². The standard InChI is InChI=1S/C13H23NO/c1-2-11(1)13(12-3-4-12)14-9-10-5-7-15-8-6-10/h10-14H,1-9H2. The Morgan fingerprint density at radius 1 is 0.933 bits per heavy atom. The van der Waals surface area contributed by atoms with Crippen LogP contribution in [0.5, 0.6) is 0 Å². The molecule has 3 aliphatic rings. The SMILES string of the molecule is C1CC(CNC(C2CC2)C2CC2)CCO1. The van der Waals surface area contributed by atoms with Crippen LogP contribution in [0.25, 0.3) is 0 Å². The van der Waals surface area contributed by atoms with Crippen LogP contribution in [-0.2, 0) is 4.74 Å². The van der Waals surface area contributed by atoms with Gasteiger partial charge in [-0.25, -0.2) is 0 Å². The van der Waals surface area contributed by atoms with Crippen molar-refractivity contribution >= 4 is 0 Å². The van der Waals surface area contributed by atoms with E-state index in [0.29, 0.717) is 0 Å². The lowest BCUT2D eigenvalue weighted by Crippen LogP contribution is -2.38. The summed E-state index contributed by atoms with van der Waals surface area (Å²) in [6.45, 7) is 3.23. The third kappa shape index (κ3) is 2.73. The Hall–Kier alpha value is -0.0800. The number of hydrogen-bond donors (Lipinski definition) is 1. The minimum atomic E-state index is 0.882. The van der Waals surface area contributed by atoms with Gasteiger partial charge in [0.1, 0.15) is 0 Å². The second-order valence-corrected chi connectivity index (χ2v) is 5.66. The smallest absolute Gasteiger partial charge is 0.0469 e. The van der Waals surface area contributed by atoms with Gasteiger partial charge in [0.15, 0.2) is 0 Å². The van der Waals surface area contributed by atoms with E-state index in [1.54, 1.807) is 0 Å². The van der Waals surface area contributed by atoms with Crippen molar-refractivity contribution in [3.63, 3.8) is 0 Å². The van der Waals surface area contributed by atoms with E-state index < -0.39 is 0 Å². The molecule has 1 saturated heterocycles. The molecule has 0 spiro atoms. The average Bonchev–Trinajstić information content (AvgIpc) is 3.14. The summed E-state index contributed by atoms with van der Waals surface area (Å²) in [7, 11) is 0. The molecule has 0 atom stereocenters. The summed E-state index contributed by atoms with van der Waals surface area (Å²) in [5.41, 5.74) is 0. The third-order valence-electron chi connectivity index (χ3n) is 4.24. The van der Waals surface area contributed by atoms with E-state index in [4.69, 9.17) is 4.74 Å². The van der Waals surface area contributed by atoms with Crippen molar-refractivity contribution in [2.75, 3.05) is 19.8 Å². The normalized spacial score (nSPS) is 28.6. The molecule has 0 bridgehead atoms. The van der Waals surface area contributed by atoms with Crippen LogP contribution in [0.3, 0.4) is 0 Å². The van der Waals surface area contributed by atoms with Gasteiger partial charge >= 0.3 is 0 Å². The molecule has 0 aromatic heterocycles. The molecule has 0 aromatic rings. The number of hydrogen-bond acceptors (Lipinski definition) is 2. The number of rotatable bonds is 5. The number of nitrogens with one attached hydrogen (secondary N) is 1. The fourth-order valence-corrected chi connectivity index (χ4v) is 2.88. The van der Waals surface area contributed by atoms with Crippen molar-refractivity contribution in [3.05, 3.63) is 0 Å². The molecule has 15 heavy (non-hydrogen) atoms. The van der Waals surface area contributed by atoms with Crippen molar-refractivity contribution in [1.29, 1.82) is 0 Å². The van der Waals surface area contributed by atoms with Crippen molar-refractivity contribution in [3.8, 4) is 0 Å². The van der Waals surface area contributed by atoms with E-state index in [2.05, 4.69) is 5.32 Å². The van der Waals surface area contributed by atoms with E-state index in [-0.39, 0.29) is 0 Å². The molecule has 0 aromatic carbocycles. The van der Waals surface area contributed by atoms with E-state index >= 15 is 0 Å². The summed E-state index contributed by atoms with van der Waals surface area (Å²) in [6.07, 6.45) is 8.50. The van der Waals surface area contributed by atoms with Gasteiger partial charge in [-0.05, 0) is 62.8 Å². The Labute approximate surface area is 92.8 Å². The van der Waals surface area contributed by atoms with Crippen LogP contribution in [-0.4, -0.2) is 25.8 Å². The zero-order valence-corrected chi connectivity index (χ0v) is 9.58. The molecule has 1 heterocycles. The van der Waals surface area contributed by atoms with Gasteiger partial charge in [-0.1, -0.05) is 0 Å². The molecule has 2 aliphatic carbocycles. The first kappa shape index (κ1) is 10.1. The molecular weight excluding hydrogens is 186 g/mol. The fourth-order valence-electron chi connectivity index (χ4n) is 2.88. The topological polar surface area (TPSA) is 21.3 Å². The molecule has 3 rings (SSSR count). The highest BCUT2D eigenvalue weighted by Crippen LogP contribution is 2.44. The van der Waals surface area contributed by atoms with Gasteiger partial charge in [-0.3, -0.25) is 0 Å². The van der Waals surface area contributed by atoms with Gasteiger partial charge < -0.3 is 10.1 Å². The minimum absolute atomic E-state index is 0.882. The zero-order valence-electron chi connectivity index (χ0n) is 9.58. The summed E-state index contributed by atoms with van der Waals surface area (Å²) in [4.78, 5) is 0.